The topological polar surface area (TPSA) is 64.9 Å². The molecule has 2 aromatic rings. The highest BCUT2D eigenvalue weighted by molar-refractivity contribution is 6.32. The Morgan fingerprint density at radius 3 is 2.48 bits per heavy atom. The molecule has 0 unspecified atom stereocenters. The first kappa shape index (κ1) is 19.6. The van der Waals surface area contributed by atoms with Gasteiger partial charge in [0.25, 0.3) is 0 Å². The molecule has 1 atom stereocenters. The fraction of sp³-hybridized carbons (Fsp3) is 0.133. The van der Waals surface area contributed by atoms with Gasteiger partial charge in [-0.3, -0.25) is 0 Å². The second-order valence-electron chi connectivity index (χ2n) is 4.11. The van der Waals surface area contributed by atoms with Crippen LogP contribution in [0.4, 0.5) is 5.82 Å². The molecule has 1 aromatic heterocycles. The zero-order valence-electron chi connectivity index (χ0n) is 11.1. The van der Waals surface area contributed by atoms with Gasteiger partial charge < -0.3 is 11.5 Å². The van der Waals surface area contributed by atoms with E-state index in [0.717, 1.165) is 11.1 Å². The van der Waals surface area contributed by atoms with Gasteiger partial charge in [-0.05, 0) is 11.6 Å². The van der Waals surface area contributed by atoms with Crippen molar-refractivity contribution in [2.45, 2.75) is 12.5 Å². The summed E-state index contributed by atoms with van der Waals surface area (Å²) in [6, 6.07) is 11.5. The molecule has 0 radical (unpaired) electrons. The zero-order chi connectivity index (χ0) is 13.7. The number of nitrogen functional groups attached to an aromatic ring is 1. The van der Waals surface area contributed by atoms with E-state index in [1.807, 2.05) is 30.3 Å². The largest absolute Gasteiger partial charge is 0.382 e. The number of hydrogen-bond acceptors (Lipinski definition) is 3. The van der Waals surface area contributed by atoms with Crippen LogP contribution in [0.25, 0.3) is 0 Å². The second kappa shape index (κ2) is 9.49. The average Bonchev–Trinajstić information content (AvgIpc) is 2.43. The maximum Gasteiger partial charge on any atom is 0.142 e. The maximum atomic E-state index is 6.05. The summed E-state index contributed by atoms with van der Waals surface area (Å²) in [7, 11) is 0. The molecule has 3 nitrogen and oxygen atoms in total. The van der Waals surface area contributed by atoms with Gasteiger partial charge in [0.1, 0.15) is 5.82 Å². The van der Waals surface area contributed by atoms with Crippen LogP contribution in [0, 0.1) is 11.8 Å². The highest BCUT2D eigenvalue weighted by Gasteiger charge is 2.02. The van der Waals surface area contributed by atoms with Gasteiger partial charge in [0.2, 0.25) is 0 Å². The SMILES string of the molecule is Cl.Cl.Nc1ncc(C#CC[C@@H](N)c2ccccc2)cc1Cl. The van der Waals surface area contributed by atoms with Gasteiger partial charge in [-0.2, -0.15) is 0 Å². The number of anilines is 1. The monoisotopic (exact) mass is 343 g/mol. The first-order valence-corrected chi connectivity index (χ1v) is 6.25. The van der Waals surface area contributed by atoms with Crippen LogP contribution in [-0.4, -0.2) is 4.98 Å². The summed E-state index contributed by atoms with van der Waals surface area (Å²) in [6.07, 6.45) is 2.17. The minimum Gasteiger partial charge on any atom is -0.382 e. The number of pyridine rings is 1. The molecule has 4 N–H and O–H groups in total. The van der Waals surface area contributed by atoms with Crippen molar-refractivity contribution in [1.82, 2.24) is 4.98 Å². The summed E-state index contributed by atoms with van der Waals surface area (Å²) < 4.78 is 0. The third kappa shape index (κ3) is 5.82. The molecule has 0 bridgehead atoms. The van der Waals surface area contributed by atoms with E-state index in [0.29, 0.717) is 17.3 Å². The van der Waals surface area contributed by atoms with Crippen LogP contribution in [0.15, 0.2) is 42.6 Å². The Labute approximate surface area is 141 Å². The van der Waals surface area contributed by atoms with E-state index in [2.05, 4.69) is 16.8 Å². The lowest BCUT2D eigenvalue weighted by molar-refractivity contribution is 0.754. The first-order chi connectivity index (χ1) is 9.16. The molecule has 21 heavy (non-hydrogen) atoms. The first-order valence-electron chi connectivity index (χ1n) is 5.87. The van der Waals surface area contributed by atoms with Crippen LogP contribution in [0.2, 0.25) is 5.02 Å². The Morgan fingerprint density at radius 1 is 1.19 bits per heavy atom. The van der Waals surface area contributed by atoms with E-state index in [1.54, 1.807) is 12.3 Å². The van der Waals surface area contributed by atoms with Crippen molar-refractivity contribution >= 4 is 42.2 Å². The highest BCUT2D eigenvalue weighted by Crippen LogP contribution is 2.16. The fourth-order valence-corrected chi connectivity index (χ4v) is 1.76. The number of benzene rings is 1. The zero-order valence-corrected chi connectivity index (χ0v) is 13.5. The molecule has 0 saturated heterocycles. The minimum absolute atomic E-state index is 0. The molecule has 1 aromatic carbocycles. The molecule has 0 amide bonds. The van der Waals surface area contributed by atoms with Crippen molar-refractivity contribution in [2.24, 2.45) is 5.73 Å². The summed E-state index contributed by atoms with van der Waals surface area (Å²) in [5, 5.41) is 0.416. The van der Waals surface area contributed by atoms with Gasteiger partial charge in [-0.1, -0.05) is 53.8 Å². The summed E-state index contributed by atoms with van der Waals surface area (Å²) in [5.74, 6) is 6.33. The molecule has 0 aliphatic heterocycles. The lowest BCUT2D eigenvalue weighted by Crippen LogP contribution is -2.08. The van der Waals surface area contributed by atoms with Crippen molar-refractivity contribution in [1.29, 1.82) is 0 Å². The molecule has 1 heterocycles. The van der Waals surface area contributed by atoms with Gasteiger partial charge in [0.15, 0.2) is 0 Å². The van der Waals surface area contributed by atoms with Crippen molar-refractivity contribution < 1.29 is 0 Å². The summed E-state index contributed by atoms with van der Waals surface area (Å²) in [6.45, 7) is 0. The molecule has 2 rings (SSSR count). The Bertz CT molecular complexity index is 621. The van der Waals surface area contributed by atoms with Crippen molar-refractivity contribution in [3.05, 3.63) is 58.7 Å². The minimum atomic E-state index is -0.0917. The molecular weight excluding hydrogens is 329 g/mol. The molecule has 6 heteroatoms. The van der Waals surface area contributed by atoms with Crippen molar-refractivity contribution in [3.63, 3.8) is 0 Å². The number of hydrogen-bond donors (Lipinski definition) is 2. The van der Waals surface area contributed by atoms with Gasteiger partial charge in [0.05, 0.1) is 5.02 Å². The fourth-order valence-electron chi connectivity index (χ4n) is 1.60. The molecule has 0 fully saturated rings. The standard InChI is InChI=1S/C15H14ClN3.2ClH/c16-13-9-11(10-19-15(13)18)5-4-8-14(17)12-6-2-1-3-7-12;;/h1-3,6-7,9-10,14H,8,17H2,(H2,18,19);2*1H/t14-;;/m1../s1. The van der Waals surface area contributed by atoms with Gasteiger partial charge in [0, 0.05) is 24.2 Å². The van der Waals surface area contributed by atoms with E-state index in [-0.39, 0.29) is 30.9 Å². The highest BCUT2D eigenvalue weighted by atomic mass is 35.5. The van der Waals surface area contributed by atoms with Crippen molar-refractivity contribution in [2.75, 3.05) is 5.73 Å². The van der Waals surface area contributed by atoms with Crippen LogP contribution < -0.4 is 11.5 Å². The van der Waals surface area contributed by atoms with E-state index < -0.39 is 0 Å². The van der Waals surface area contributed by atoms with Crippen LogP contribution in [0.1, 0.15) is 23.6 Å². The molecule has 112 valence electrons. The summed E-state index contributed by atoms with van der Waals surface area (Å²) in [5.41, 5.74) is 13.4. The molecule has 0 aliphatic rings. The average molecular weight is 345 g/mol. The Balaban J connectivity index is 0.00000200. The number of aromatic nitrogens is 1. The van der Waals surface area contributed by atoms with E-state index >= 15 is 0 Å². The molecular formula is C15H16Cl3N3. The number of rotatable bonds is 2. The van der Waals surface area contributed by atoms with Crippen molar-refractivity contribution in [3.8, 4) is 11.8 Å². The lowest BCUT2D eigenvalue weighted by atomic mass is 10.1. The third-order valence-electron chi connectivity index (χ3n) is 2.65. The van der Waals surface area contributed by atoms with E-state index in [4.69, 9.17) is 23.1 Å². The number of halogens is 3. The van der Waals surface area contributed by atoms with Crippen LogP contribution in [-0.2, 0) is 0 Å². The van der Waals surface area contributed by atoms with E-state index in [9.17, 15) is 0 Å². The molecule has 0 aliphatic carbocycles. The number of nitrogens with two attached hydrogens (primary N) is 2. The van der Waals surface area contributed by atoms with Crippen LogP contribution in [0.5, 0.6) is 0 Å². The summed E-state index contributed by atoms with van der Waals surface area (Å²) in [4.78, 5) is 3.95. The number of nitrogens with zero attached hydrogens (tertiary/aromatic N) is 1. The van der Waals surface area contributed by atoms with E-state index in [1.165, 1.54) is 0 Å². The molecule has 0 spiro atoms. The predicted molar refractivity (Wildman–Crippen MR) is 93.0 cm³/mol. The van der Waals surface area contributed by atoms with Gasteiger partial charge in [-0.25, -0.2) is 4.98 Å². The maximum absolute atomic E-state index is 6.05. The molecule has 0 saturated carbocycles. The Kier molecular flexibility index (Phi) is 8.84. The van der Waals surface area contributed by atoms with Crippen LogP contribution in [0.3, 0.4) is 0 Å². The van der Waals surface area contributed by atoms with Gasteiger partial charge in [-0.15, -0.1) is 24.8 Å². The Morgan fingerprint density at radius 2 is 1.86 bits per heavy atom. The lowest BCUT2D eigenvalue weighted by Gasteiger charge is -2.07. The Hall–Kier alpha value is -1.44. The quantitative estimate of drug-likeness (QED) is 0.818. The second-order valence-corrected chi connectivity index (χ2v) is 4.52. The predicted octanol–water partition coefficient (Wildman–Crippen LogP) is 3.60. The third-order valence-corrected chi connectivity index (χ3v) is 2.95. The summed E-state index contributed by atoms with van der Waals surface area (Å²) >= 11 is 5.87. The van der Waals surface area contributed by atoms with Crippen LogP contribution >= 0.6 is 36.4 Å². The smallest absolute Gasteiger partial charge is 0.142 e. The van der Waals surface area contributed by atoms with Gasteiger partial charge >= 0.3 is 0 Å². The normalized spacial score (nSPS) is 10.4.